The maximum absolute atomic E-state index is 3.39. The highest BCUT2D eigenvalue weighted by molar-refractivity contribution is 5.49. The fraction of sp³-hybridized carbons (Fsp3) is 0.294. The fourth-order valence-corrected chi connectivity index (χ4v) is 2.05. The molecule has 0 aromatic heterocycles. The zero-order valence-corrected chi connectivity index (χ0v) is 11.7. The van der Waals surface area contributed by atoms with Crippen molar-refractivity contribution < 1.29 is 0 Å². The van der Waals surface area contributed by atoms with Gasteiger partial charge in [-0.3, -0.25) is 0 Å². The second-order valence-electron chi connectivity index (χ2n) is 4.64. The summed E-state index contributed by atoms with van der Waals surface area (Å²) >= 11 is 0. The van der Waals surface area contributed by atoms with E-state index in [1.807, 2.05) is 0 Å². The third kappa shape index (κ3) is 4.02. The minimum absolute atomic E-state index is 0.736. The van der Waals surface area contributed by atoms with E-state index in [2.05, 4.69) is 73.0 Å². The topological polar surface area (TPSA) is 24.1 Å². The lowest BCUT2D eigenvalue weighted by Gasteiger charge is -2.11. The van der Waals surface area contributed by atoms with Crippen molar-refractivity contribution in [3.63, 3.8) is 0 Å². The molecule has 2 N–H and O–H groups in total. The van der Waals surface area contributed by atoms with Gasteiger partial charge in [-0.05, 0) is 48.2 Å². The highest BCUT2D eigenvalue weighted by Gasteiger charge is 1.95. The molecule has 0 saturated carbocycles. The number of nitrogens with one attached hydrogen (secondary N) is 2. The first-order chi connectivity index (χ1) is 9.31. The lowest BCUT2D eigenvalue weighted by molar-refractivity contribution is 1.12. The molecule has 0 aliphatic heterocycles. The van der Waals surface area contributed by atoms with Gasteiger partial charge in [-0.25, -0.2) is 0 Å². The van der Waals surface area contributed by atoms with E-state index in [4.69, 9.17) is 0 Å². The molecule has 0 fully saturated rings. The Balaban J connectivity index is 1.88. The van der Waals surface area contributed by atoms with Crippen LogP contribution in [0.3, 0.4) is 0 Å². The number of hydrogen-bond acceptors (Lipinski definition) is 2. The summed E-state index contributed by atoms with van der Waals surface area (Å²) < 4.78 is 0. The van der Waals surface area contributed by atoms with E-state index in [9.17, 15) is 0 Å². The van der Waals surface area contributed by atoms with Gasteiger partial charge in [0.25, 0.3) is 0 Å². The van der Waals surface area contributed by atoms with Crippen LogP contribution in [0.1, 0.15) is 25.0 Å². The molecule has 0 saturated heterocycles. The largest absolute Gasteiger partial charge is 0.368 e. The first-order valence-electron chi connectivity index (χ1n) is 6.97. The molecule has 0 amide bonds. The van der Waals surface area contributed by atoms with Crippen molar-refractivity contribution in [3.8, 4) is 0 Å². The molecule has 2 aromatic carbocycles. The van der Waals surface area contributed by atoms with Gasteiger partial charge in [0.1, 0.15) is 0 Å². The molecule has 0 atom stereocenters. The number of benzene rings is 2. The Labute approximate surface area is 115 Å². The average molecular weight is 254 g/mol. The molecule has 0 heterocycles. The summed E-state index contributed by atoms with van der Waals surface area (Å²) in [6.45, 7) is 5.08. The van der Waals surface area contributed by atoms with Gasteiger partial charge >= 0.3 is 0 Å². The van der Waals surface area contributed by atoms with Gasteiger partial charge in [0, 0.05) is 11.4 Å². The van der Waals surface area contributed by atoms with Gasteiger partial charge < -0.3 is 10.6 Å². The van der Waals surface area contributed by atoms with Crippen LogP contribution in [0.25, 0.3) is 0 Å². The molecule has 0 spiro atoms. The van der Waals surface area contributed by atoms with E-state index in [1.54, 1.807) is 0 Å². The molecule has 0 unspecified atom stereocenters. The number of aryl methyl sites for hydroxylation is 2. The van der Waals surface area contributed by atoms with Crippen LogP contribution in [0.15, 0.2) is 48.5 Å². The summed E-state index contributed by atoms with van der Waals surface area (Å²) in [5.74, 6) is 0. The summed E-state index contributed by atoms with van der Waals surface area (Å²) in [4.78, 5) is 0. The maximum atomic E-state index is 3.39. The Morgan fingerprint density at radius 2 is 1.21 bits per heavy atom. The Hall–Kier alpha value is -1.96. The minimum Gasteiger partial charge on any atom is -0.368 e. The number of hydrogen-bond donors (Lipinski definition) is 2. The molecule has 2 nitrogen and oxygen atoms in total. The lowest BCUT2D eigenvalue weighted by Crippen LogP contribution is -2.11. The van der Waals surface area contributed by atoms with E-state index in [0.29, 0.717) is 0 Å². The predicted octanol–water partition coefficient (Wildman–Crippen LogP) is 4.29. The van der Waals surface area contributed by atoms with Crippen LogP contribution in [0.5, 0.6) is 0 Å². The smallest absolute Gasteiger partial charge is 0.0849 e. The SMILES string of the molecule is CCc1cccc(NCNc2cccc(CC)c2)c1. The standard InChI is InChI=1S/C17H22N2/c1-3-14-7-5-9-16(11-14)18-13-19-17-10-6-8-15(4-2)12-17/h5-12,18-19H,3-4,13H2,1-2H3. The van der Waals surface area contributed by atoms with E-state index >= 15 is 0 Å². The molecule has 100 valence electrons. The lowest BCUT2D eigenvalue weighted by atomic mass is 10.1. The molecule has 2 heteroatoms. The molecule has 2 rings (SSSR count). The van der Waals surface area contributed by atoms with Gasteiger partial charge in [-0.15, -0.1) is 0 Å². The highest BCUT2D eigenvalue weighted by atomic mass is 15.1. The van der Waals surface area contributed by atoms with Crippen LogP contribution >= 0.6 is 0 Å². The van der Waals surface area contributed by atoms with Crippen LogP contribution in [0, 0.1) is 0 Å². The van der Waals surface area contributed by atoms with Crippen LogP contribution in [-0.2, 0) is 12.8 Å². The quantitative estimate of drug-likeness (QED) is 0.751. The zero-order valence-electron chi connectivity index (χ0n) is 11.7. The molecule has 0 bridgehead atoms. The van der Waals surface area contributed by atoms with E-state index in [-0.39, 0.29) is 0 Å². The predicted molar refractivity (Wildman–Crippen MR) is 83.8 cm³/mol. The number of anilines is 2. The Bertz CT molecular complexity index is 473. The second kappa shape index (κ2) is 6.83. The van der Waals surface area contributed by atoms with Gasteiger partial charge in [0.2, 0.25) is 0 Å². The summed E-state index contributed by atoms with van der Waals surface area (Å²) in [5.41, 5.74) is 5.05. The van der Waals surface area contributed by atoms with Crippen LogP contribution in [0.4, 0.5) is 11.4 Å². The third-order valence-electron chi connectivity index (χ3n) is 3.26. The van der Waals surface area contributed by atoms with Crippen molar-refractivity contribution >= 4 is 11.4 Å². The molecule has 19 heavy (non-hydrogen) atoms. The van der Waals surface area contributed by atoms with E-state index in [0.717, 1.165) is 19.5 Å². The van der Waals surface area contributed by atoms with Crippen LogP contribution in [-0.4, -0.2) is 6.67 Å². The maximum Gasteiger partial charge on any atom is 0.0849 e. The van der Waals surface area contributed by atoms with E-state index in [1.165, 1.54) is 22.5 Å². The van der Waals surface area contributed by atoms with Crippen molar-refractivity contribution in [1.82, 2.24) is 0 Å². The normalized spacial score (nSPS) is 10.2. The Morgan fingerprint density at radius 3 is 1.63 bits per heavy atom. The van der Waals surface area contributed by atoms with Gasteiger partial charge in [0.15, 0.2) is 0 Å². The summed E-state index contributed by atoms with van der Waals surface area (Å²) in [6.07, 6.45) is 2.14. The van der Waals surface area contributed by atoms with E-state index < -0.39 is 0 Å². The molecular formula is C17H22N2. The first kappa shape index (κ1) is 13.5. The van der Waals surface area contributed by atoms with Crippen molar-refractivity contribution in [2.75, 3.05) is 17.3 Å². The second-order valence-corrected chi connectivity index (χ2v) is 4.64. The Kier molecular flexibility index (Phi) is 4.85. The van der Waals surface area contributed by atoms with Crippen LogP contribution < -0.4 is 10.6 Å². The number of rotatable bonds is 6. The minimum atomic E-state index is 0.736. The summed E-state index contributed by atoms with van der Waals surface area (Å²) in [6, 6.07) is 17.1. The summed E-state index contributed by atoms with van der Waals surface area (Å²) in [5, 5.41) is 6.79. The monoisotopic (exact) mass is 254 g/mol. The van der Waals surface area contributed by atoms with Crippen molar-refractivity contribution in [2.45, 2.75) is 26.7 Å². The highest BCUT2D eigenvalue weighted by Crippen LogP contribution is 2.13. The molecule has 0 aliphatic rings. The average Bonchev–Trinajstić information content (AvgIpc) is 2.48. The zero-order chi connectivity index (χ0) is 13.5. The van der Waals surface area contributed by atoms with Crippen LogP contribution in [0.2, 0.25) is 0 Å². The fourth-order valence-electron chi connectivity index (χ4n) is 2.05. The first-order valence-corrected chi connectivity index (χ1v) is 6.97. The molecule has 2 aromatic rings. The molecule has 0 aliphatic carbocycles. The molecule has 0 radical (unpaired) electrons. The third-order valence-corrected chi connectivity index (χ3v) is 3.26. The van der Waals surface area contributed by atoms with Crippen molar-refractivity contribution in [1.29, 1.82) is 0 Å². The Morgan fingerprint density at radius 1 is 0.737 bits per heavy atom. The summed E-state index contributed by atoms with van der Waals surface area (Å²) in [7, 11) is 0. The van der Waals surface area contributed by atoms with Crippen molar-refractivity contribution in [3.05, 3.63) is 59.7 Å². The van der Waals surface area contributed by atoms with Gasteiger partial charge in [0.05, 0.1) is 6.67 Å². The van der Waals surface area contributed by atoms with Crippen molar-refractivity contribution in [2.24, 2.45) is 0 Å². The van der Waals surface area contributed by atoms with Gasteiger partial charge in [-0.1, -0.05) is 38.1 Å². The van der Waals surface area contributed by atoms with Gasteiger partial charge in [-0.2, -0.15) is 0 Å². The molecular weight excluding hydrogens is 232 g/mol.